The lowest BCUT2D eigenvalue weighted by molar-refractivity contribution is 0.0511. The molecule has 0 aliphatic heterocycles. The molecule has 1 atom stereocenters. The van der Waals surface area contributed by atoms with Gasteiger partial charge in [-0.1, -0.05) is 0 Å². The molecule has 0 aliphatic rings. The summed E-state index contributed by atoms with van der Waals surface area (Å²) in [6.45, 7) is 6.96. The Morgan fingerprint density at radius 3 is 2.36 bits per heavy atom. The molecule has 6 heteroatoms. The van der Waals surface area contributed by atoms with Gasteiger partial charge in [0.2, 0.25) is 0 Å². The molecule has 0 aromatic heterocycles. The van der Waals surface area contributed by atoms with E-state index in [4.69, 9.17) is 14.8 Å². The average Bonchev–Trinajstić information content (AvgIpc) is 1.77. The summed E-state index contributed by atoms with van der Waals surface area (Å²) in [6, 6.07) is -0.329. The maximum absolute atomic E-state index is 11.2. The molecule has 0 aromatic carbocycles. The first-order valence-electron chi connectivity index (χ1n) is 4.56. The largest absolute Gasteiger partial charge is 0.453 e. The standard InChI is InChI=1S/C8H18BNO4/c1-6(5-9(12)13)10-7(11)14-8(2,3)4/h6,12-13H,5H2,1-4H3,(H,10,11). The van der Waals surface area contributed by atoms with Crippen LogP contribution in [-0.2, 0) is 4.74 Å². The fraction of sp³-hybridized carbons (Fsp3) is 0.875. The van der Waals surface area contributed by atoms with Gasteiger partial charge in [0.05, 0.1) is 0 Å². The van der Waals surface area contributed by atoms with Crippen LogP contribution in [0.2, 0.25) is 6.32 Å². The highest BCUT2D eigenvalue weighted by atomic mass is 16.6. The van der Waals surface area contributed by atoms with Gasteiger partial charge >= 0.3 is 13.2 Å². The van der Waals surface area contributed by atoms with Crippen molar-refractivity contribution in [2.45, 2.75) is 45.7 Å². The van der Waals surface area contributed by atoms with Crippen molar-refractivity contribution in [3.63, 3.8) is 0 Å². The first-order valence-corrected chi connectivity index (χ1v) is 4.56. The second-order valence-electron chi connectivity index (χ2n) is 4.26. The third kappa shape index (κ3) is 7.88. The van der Waals surface area contributed by atoms with Gasteiger partial charge in [-0.25, -0.2) is 4.79 Å². The maximum atomic E-state index is 11.2. The normalized spacial score (nSPS) is 13.3. The summed E-state index contributed by atoms with van der Waals surface area (Å²) in [4.78, 5) is 11.2. The van der Waals surface area contributed by atoms with E-state index in [9.17, 15) is 4.79 Å². The molecule has 3 N–H and O–H groups in total. The Labute approximate surface area is 84.6 Å². The number of nitrogens with one attached hydrogen (secondary N) is 1. The van der Waals surface area contributed by atoms with Gasteiger partial charge in [-0.15, -0.1) is 0 Å². The highest BCUT2D eigenvalue weighted by Crippen LogP contribution is 2.07. The fourth-order valence-electron chi connectivity index (χ4n) is 0.884. The number of alkyl carbamates (subject to hydrolysis) is 1. The summed E-state index contributed by atoms with van der Waals surface area (Å²) < 4.78 is 4.98. The number of carbonyl (C=O) groups is 1. The van der Waals surface area contributed by atoms with E-state index in [-0.39, 0.29) is 12.4 Å². The Balaban J connectivity index is 3.83. The third-order valence-corrected chi connectivity index (χ3v) is 1.33. The molecule has 1 amide bonds. The zero-order valence-electron chi connectivity index (χ0n) is 9.07. The molecule has 0 fully saturated rings. The lowest BCUT2D eigenvalue weighted by Crippen LogP contribution is -2.39. The molecular weight excluding hydrogens is 185 g/mol. The quantitative estimate of drug-likeness (QED) is 0.579. The molecule has 0 saturated carbocycles. The Morgan fingerprint density at radius 1 is 1.50 bits per heavy atom. The minimum absolute atomic E-state index is 0.0826. The topological polar surface area (TPSA) is 78.8 Å². The first kappa shape index (κ1) is 13.3. The molecule has 14 heavy (non-hydrogen) atoms. The predicted molar refractivity (Wildman–Crippen MR) is 53.8 cm³/mol. The van der Waals surface area contributed by atoms with Crippen LogP contribution in [0.4, 0.5) is 4.79 Å². The zero-order chi connectivity index (χ0) is 11.4. The number of amides is 1. The van der Waals surface area contributed by atoms with Gasteiger partial charge < -0.3 is 20.1 Å². The summed E-state index contributed by atoms with van der Waals surface area (Å²) in [6.07, 6.45) is -0.468. The van der Waals surface area contributed by atoms with Gasteiger partial charge in [0.25, 0.3) is 0 Å². The number of hydrogen-bond acceptors (Lipinski definition) is 4. The van der Waals surface area contributed by atoms with E-state index in [1.54, 1.807) is 27.7 Å². The van der Waals surface area contributed by atoms with Gasteiger partial charge in [0.1, 0.15) is 5.60 Å². The van der Waals surface area contributed by atoms with Gasteiger partial charge in [-0.3, -0.25) is 0 Å². The van der Waals surface area contributed by atoms with Crippen molar-refractivity contribution in [2.24, 2.45) is 0 Å². The molecule has 5 nitrogen and oxygen atoms in total. The molecule has 0 radical (unpaired) electrons. The monoisotopic (exact) mass is 203 g/mol. The Morgan fingerprint density at radius 2 is 2.00 bits per heavy atom. The SMILES string of the molecule is CC(CB(O)O)NC(=O)OC(C)(C)C. The van der Waals surface area contributed by atoms with E-state index in [2.05, 4.69) is 5.32 Å². The van der Waals surface area contributed by atoms with Crippen LogP contribution in [0.1, 0.15) is 27.7 Å². The van der Waals surface area contributed by atoms with Crippen molar-refractivity contribution in [1.29, 1.82) is 0 Å². The van der Waals surface area contributed by atoms with Crippen molar-refractivity contribution in [1.82, 2.24) is 5.32 Å². The maximum Gasteiger partial charge on any atom is 0.453 e. The summed E-state index contributed by atoms with van der Waals surface area (Å²) in [5.41, 5.74) is -0.540. The van der Waals surface area contributed by atoms with Crippen molar-refractivity contribution < 1.29 is 19.6 Å². The van der Waals surface area contributed by atoms with Crippen molar-refractivity contribution in [2.75, 3.05) is 0 Å². The number of hydrogen-bond donors (Lipinski definition) is 3. The number of ether oxygens (including phenoxy) is 1. The van der Waals surface area contributed by atoms with Crippen molar-refractivity contribution >= 4 is 13.2 Å². The Kier molecular flexibility index (Phi) is 4.94. The Bertz CT molecular complexity index is 190. The highest BCUT2D eigenvalue weighted by molar-refractivity contribution is 6.41. The Hall–Kier alpha value is -0.745. The van der Waals surface area contributed by atoms with Gasteiger partial charge in [-0.2, -0.15) is 0 Å². The number of carbonyl (C=O) groups excluding carboxylic acids is 1. The van der Waals surface area contributed by atoms with Crippen LogP contribution >= 0.6 is 0 Å². The van der Waals surface area contributed by atoms with Gasteiger partial charge in [0, 0.05) is 12.4 Å². The molecule has 0 bridgehead atoms. The van der Waals surface area contributed by atoms with Crippen molar-refractivity contribution in [3.8, 4) is 0 Å². The van der Waals surface area contributed by atoms with Crippen LogP contribution < -0.4 is 5.32 Å². The summed E-state index contributed by atoms with van der Waals surface area (Å²) in [7, 11) is -1.42. The van der Waals surface area contributed by atoms with Gasteiger partial charge in [-0.05, 0) is 27.7 Å². The van der Waals surface area contributed by atoms with E-state index >= 15 is 0 Å². The van der Waals surface area contributed by atoms with Crippen LogP contribution in [0, 0.1) is 0 Å². The molecule has 0 heterocycles. The van der Waals surface area contributed by atoms with Crippen LogP contribution in [0.5, 0.6) is 0 Å². The third-order valence-electron chi connectivity index (χ3n) is 1.33. The van der Waals surface area contributed by atoms with E-state index in [0.717, 1.165) is 0 Å². The summed E-state index contributed by atoms with van der Waals surface area (Å²) in [5, 5.41) is 19.7. The lowest BCUT2D eigenvalue weighted by Gasteiger charge is -2.21. The van der Waals surface area contributed by atoms with Crippen LogP contribution in [0.3, 0.4) is 0 Å². The van der Waals surface area contributed by atoms with E-state index in [0.29, 0.717) is 0 Å². The molecule has 1 unspecified atom stereocenters. The molecule has 0 aliphatic carbocycles. The molecule has 0 rings (SSSR count). The molecular formula is C8H18BNO4. The van der Waals surface area contributed by atoms with E-state index in [1.807, 2.05) is 0 Å². The molecule has 82 valence electrons. The highest BCUT2D eigenvalue weighted by Gasteiger charge is 2.19. The summed E-state index contributed by atoms with van der Waals surface area (Å²) >= 11 is 0. The van der Waals surface area contributed by atoms with Crippen LogP contribution in [0.25, 0.3) is 0 Å². The minimum Gasteiger partial charge on any atom is -0.444 e. The van der Waals surface area contributed by atoms with Crippen molar-refractivity contribution in [3.05, 3.63) is 0 Å². The van der Waals surface area contributed by atoms with Crippen LogP contribution in [-0.4, -0.2) is 34.9 Å². The molecule has 0 spiro atoms. The second-order valence-corrected chi connectivity index (χ2v) is 4.26. The van der Waals surface area contributed by atoms with Gasteiger partial charge in [0.15, 0.2) is 0 Å². The molecule has 0 aromatic rings. The smallest absolute Gasteiger partial charge is 0.444 e. The van der Waals surface area contributed by atoms with E-state index < -0.39 is 18.8 Å². The lowest BCUT2D eigenvalue weighted by atomic mass is 9.82. The second kappa shape index (κ2) is 5.21. The predicted octanol–water partition coefficient (Wildman–Crippen LogP) is 0.372. The average molecular weight is 203 g/mol. The number of rotatable bonds is 3. The zero-order valence-corrected chi connectivity index (χ0v) is 9.07. The van der Waals surface area contributed by atoms with Crippen LogP contribution in [0.15, 0.2) is 0 Å². The molecule has 0 saturated heterocycles. The fourth-order valence-corrected chi connectivity index (χ4v) is 0.884. The first-order chi connectivity index (χ1) is 6.20. The summed E-state index contributed by atoms with van der Waals surface area (Å²) in [5.74, 6) is 0. The minimum atomic E-state index is -1.42. The van der Waals surface area contributed by atoms with E-state index in [1.165, 1.54) is 0 Å².